The molecule has 0 spiro atoms. The third-order valence-corrected chi connectivity index (χ3v) is 17.1. The van der Waals surface area contributed by atoms with Gasteiger partial charge in [-0.25, -0.2) is 0 Å². The Morgan fingerprint density at radius 1 is 0.289 bits per heavy atom. The second-order valence-electron chi connectivity index (χ2n) is 26.7. The van der Waals surface area contributed by atoms with Crippen LogP contribution in [0.4, 0.5) is 22.7 Å². The van der Waals surface area contributed by atoms with Crippen molar-refractivity contribution in [3.8, 4) is 11.1 Å². The van der Waals surface area contributed by atoms with Crippen LogP contribution >= 0.6 is 0 Å². The van der Waals surface area contributed by atoms with E-state index in [0.717, 1.165) is 61.6 Å². The normalized spacial score (nSPS) is 11.7. The molecular weight excluding hydrogens is 1110 g/mol. The first kappa shape index (κ1) is 67.0. The molecule has 0 saturated heterocycles. The zero-order valence-electron chi connectivity index (χ0n) is 55.3. The predicted octanol–water partition coefficient (Wildman–Crippen LogP) is 15.6. The maximum atomic E-state index is 12.9. The van der Waals surface area contributed by atoms with Crippen LogP contribution in [0.3, 0.4) is 0 Å². The van der Waals surface area contributed by atoms with E-state index in [2.05, 4.69) is 265 Å². The van der Waals surface area contributed by atoms with Gasteiger partial charge in [-0.3, -0.25) is 37.1 Å². The van der Waals surface area contributed by atoms with Gasteiger partial charge in [0, 0.05) is 59.3 Å². The molecular formula is C80H94N6O4+4. The van der Waals surface area contributed by atoms with Crippen LogP contribution in [0.2, 0.25) is 0 Å². The van der Waals surface area contributed by atoms with Crippen molar-refractivity contribution in [3.05, 3.63) is 285 Å². The molecule has 0 aromatic heterocycles. The van der Waals surface area contributed by atoms with Crippen LogP contribution in [-0.4, -0.2) is 93.9 Å². The Labute approximate surface area is 536 Å². The summed E-state index contributed by atoms with van der Waals surface area (Å²) in [6, 6.07) is 74.2. The van der Waals surface area contributed by atoms with Crippen molar-refractivity contribution in [2.24, 2.45) is 0 Å². The lowest BCUT2D eigenvalue weighted by atomic mass is 10.0. The topological polar surface area (TPSA) is 92.3 Å². The van der Waals surface area contributed by atoms with Crippen LogP contribution in [0.5, 0.6) is 0 Å². The molecule has 0 unspecified atom stereocenters. The maximum absolute atomic E-state index is 12.9. The molecule has 0 bridgehead atoms. The molecule has 0 aliphatic carbocycles. The highest BCUT2D eigenvalue weighted by molar-refractivity contribution is 6.00. The van der Waals surface area contributed by atoms with Crippen molar-refractivity contribution in [3.63, 3.8) is 0 Å². The largest absolute Gasteiger partial charge is 0.348 e. The number of Topliss-reactive ketones (excluding diaryl/α,β-unsaturated/α-hetero) is 2. The van der Waals surface area contributed by atoms with Crippen molar-refractivity contribution >= 4 is 46.1 Å². The summed E-state index contributed by atoms with van der Waals surface area (Å²) in [6.07, 6.45) is 4.35. The molecule has 9 aromatic carbocycles. The van der Waals surface area contributed by atoms with E-state index in [9.17, 15) is 19.2 Å². The molecule has 90 heavy (non-hydrogen) atoms. The Bertz CT molecular complexity index is 3800. The van der Waals surface area contributed by atoms with Gasteiger partial charge < -0.3 is 10.6 Å². The van der Waals surface area contributed by atoms with E-state index in [4.69, 9.17) is 0 Å². The minimum absolute atomic E-state index is 0.0775. The summed E-state index contributed by atoms with van der Waals surface area (Å²) in [5, 5.41) is 6.02. The number of amides is 2. The van der Waals surface area contributed by atoms with Gasteiger partial charge in [0.25, 0.3) is 11.8 Å². The quantitative estimate of drug-likeness (QED) is 0.0440. The number of ketones is 2. The van der Waals surface area contributed by atoms with Crippen LogP contribution in [-0.2, 0) is 51.9 Å². The number of rotatable bonds is 25. The van der Waals surface area contributed by atoms with Crippen molar-refractivity contribution < 1.29 is 19.2 Å². The van der Waals surface area contributed by atoms with Crippen LogP contribution in [0.15, 0.2) is 218 Å². The highest BCUT2D eigenvalue weighted by Crippen LogP contribution is 2.28. The van der Waals surface area contributed by atoms with Gasteiger partial charge in [0.15, 0.2) is 11.6 Å². The van der Waals surface area contributed by atoms with Crippen molar-refractivity contribution in [2.45, 2.75) is 78.6 Å². The molecule has 9 aromatic rings. The first-order valence-electron chi connectivity index (χ1n) is 31.6. The first-order chi connectivity index (χ1) is 42.8. The van der Waals surface area contributed by atoms with Gasteiger partial charge >= 0.3 is 0 Å². The van der Waals surface area contributed by atoms with E-state index in [1.54, 1.807) is 48.5 Å². The molecule has 9 rings (SSSR count). The minimum atomic E-state index is -0.156. The van der Waals surface area contributed by atoms with E-state index in [-0.39, 0.29) is 23.4 Å². The second kappa shape index (κ2) is 30.1. The van der Waals surface area contributed by atoms with E-state index < -0.39 is 0 Å². The molecule has 0 fully saturated rings. The standard InChI is InChI=1S/C43H48N3O2.C37H44N3O2/c1-7-32-8-17-36(18-9-32)37-19-10-35(11-20-37)31-46(5,6)41-27-14-34(15-28-41)30-44-43(48)39-23-21-38(22-24-39)42(47)29-16-33-12-25-40(26-13-33)45(2,3)4;1-7-28-8-10-31(11-9-28)27-40(5,6)35-23-14-30(15-24-35)26-38-37(42)33-19-17-32(18-20-33)36(41)25-16-29-12-21-34(22-13-29)39(2,3)4/h8-15,17-28H,7,16,29-31H2,1-6H3;8-15,17-24H,7,16,25-27H2,1-6H3/q2*+1/p+2. The van der Waals surface area contributed by atoms with Crippen LogP contribution < -0.4 is 28.6 Å². The highest BCUT2D eigenvalue weighted by Gasteiger charge is 2.22. The average molecular weight is 1200 g/mol. The van der Waals surface area contributed by atoms with Gasteiger partial charge in [0.2, 0.25) is 0 Å². The van der Waals surface area contributed by atoms with Crippen molar-refractivity contribution in [1.29, 1.82) is 0 Å². The second-order valence-corrected chi connectivity index (χ2v) is 26.7. The number of hydrogen-bond acceptors (Lipinski definition) is 4. The Hall–Kier alpha value is -8.90. The summed E-state index contributed by atoms with van der Waals surface area (Å²) in [5.74, 6) is -0.149. The Morgan fingerprint density at radius 3 is 0.856 bits per heavy atom. The Kier molecular flexibility index (Phi) is 22.4. The third kappa shape index (κ3) is 19.1. The van der Waals surface area contributed by atoms with E-state index >= 15 is 0 Å². The minimum Gasteiger partial charge on any atom is -0.348 e. The molecule has 2 amide bonds. The number of carbonyl (C=O) groups excluding carboxylic acids is 4. The predicted molar refractivity (Wildman–Crippen MR) is 377 cm³/mol. The van der Waals surface area contributed by atoms with Gasteiger partial charge in [-0.2, -0.15) is 0 Å². The van der Waals surface area contributed by atoms with Crippen molar-refractivity contribution in [1.82, 2.24) is 28.6 Å². The SMILES string of the molecule is CCc1ccc(-c2ccc(C[N+](C)(C)c3ccc(CNC(=O)c4ccc(C(=O)CCc5ccc([N+](C)(C)C)cc5)cc4)cc3)cc2)cc1.CCc1ccc(C[N+](C)(C)c2ccc(CNC(=O)c3ccc(C(=O)CCc4ccc([N+](C)(C)C)cc4)cc3)cc2)cc1. The lowest BCUT2D eigenvalue weighted by Gasteiger charge is -2.29. The third-order valence-electron chi connectivity index (χ3n) is 17.1. The zero-order chi connectivity index (χ0) is 64.6. The van der Waals surface area contributed by atoms with Crippen LogP contribution in [0, 0.1) is 0 Å². The Morgan fingerprint density at radius 2 is 0.544 bits per heavy atom. The summed E-state index contributed by atoms with van der Waals surface area (Å²) in [6.45, 7) is 7.00. The number of nitrogens with zero attached hydrogens (tertiary/aromatic N) is 4. The fourth-order valence-electron chi connectivity index (χ4n) is 11.0. The average Bonchev–Trinajstić information content (AvgIpc) is 2.62. The molecule has 10 heteroatoms. The molecule has 0 aliphatic heterocycles. The zero-order valence-corrected chi connectivity index (χ0v) is 55.3. The van der Waals surface area contributed by atoms with Crippen LogP contribution in [0.1, 0.15) is 113 Å². The van der Waals surface area contributed by atoms with E-state index in [1.807, 2.05) is 0 Å². The number of carbonyl (C=O) groups is 4. The van der Waals surface area contributed by atoms with Crippen molar-refractivity contribution in [2.75, 3.05) is 70.5 Å². The molecule has 464 valence electrons. The van der Waals surface area contributed by atoms with Gasteiger partial charge in [0.1, 0.15) is 35.8 Å². The number of hydrogen-bond donors (Lipinski definition) is 2. The Balaban J connectivity index is 0.000000234. The fraction of sp³-hybridized carbons (Fsp3) is 0.275. The number of aryl methyl sites for hydroxylation is 4. The van der Waals surface area contributed by atoms with Crippen LogP contribution in [0.25, 0.3) is 11.1 Å². The maximum Gasteiger partial charge on any atom is 0.251 e. The molecule has 0 heterocycles. The highest BCUT2D eigenvalue weighted by atomic mass is 16.2. The fourth-order valence-corrected chi connectivity index (χ4v) is 11.0. The van der Waals surface area contributed by atoms with Gasteiger partial charge in [-0.15, -0.1) is 0 Å². The smallest absolute Gasteiger partial charge is 0.251 e. The summed E-state index contributed by atoms with van der Waals surface area (Å²) in [4.78, 5) is 51.2. The van der Waals surface area contributed by atoms with Gasteiger partial charge in [-0.1, -0.05) is 159 Å². The van der Waals surface area contributed by atoms with Gasteiger partial charge in [0.05, 0.1) is 70.5 Å². The molecule has 0 aliphatic rings. The summed E-state index contributed by atoms with van der Waals surface area (Å²) >= 11 is 0. The molecule has 0 saturated carbocycles. The molecule has 0 atom stereocenters. The number of quaternary nitrogens is 4. The lowest BCUT2D eigenvalue weighted by molar-refractivity contribution is 0.0942. The summed E-state index contributed by atoms with van der Waals surface area (Å²) < 4.78 is 2.98. The molecule has 0 radical (unpaired) electrons. The monoisotopic (exact) mass is 1200 g/mol. The number of nitrogens with one attached hydrogen (secondary N) is 2. The molecule has 2 N–H and O–H groups in total. The summed E-state index contributed by atoms with van der Waals surface area (Å²) in [5.41, 5.74) is 19.4. The van der Waals surface area contributed by atoms with Gasteiger partial charge in [-0.05, 0) is 143 Å². The first-order valence-corrected chi connectivity index (χ1v) is 31.6. The lowest BCUT2D eigenvalue weighted by Crippen LogP contribution is -2.39. The number of benzene rings is 9. The van der Waals surface area contributed by atoms with E-state index in [0.29, 0.717) is 65.5 Å². The van der Waals surface area contributed by atoms with E-state index in [1.165, 1.54) is 56.1 Å². The molecule has 10 nitrogen and oxygen atoms in total. The summed E-state index contributed by atoms with van der Waals surface area (Å²) in [7, 11) is 21.7.